The maximum Gasteiger partial charge on any atom is 1.00 e. The molecule has 138 valence electrons. The monoisotopic (exact) mass is 400 g/mol. The van der Waals surface area contributed by atoms with E-state index in [-0.39, 0.29) is 56.3 Å². The number of benzene rings is 2. The fraction of sp³-hybridized carbons (Fsp3) is 0.524. The predicted molar refractivity (Wildman–Crippen MR) is 103 cm³/mol. The Morgan fingerprint density at radius 3 is 2.15 bits per heavy atom. The molecule has 0 aromatic heterocycles. The molecule has 0 atom stereocenters. The molecule has 0 bridgehead atoms. The van der Waals surface area contributed by atoms with Crippen LogP contribution in [0.1, 0.15) is 64.4 Å². The van der Waals surface area contributed by atoms with Crippen molar-refractivity contribution in [3.05, 3.63) is 42.0 Å². The standard InChI is InChI=1S/C21H30O3S.K/c1-17(2)11-7-5-3-4-6-8-14-20-19-13-10-9-12-18(19)15-16-21(20)25(22,23)24;/h9-10,12-13,15-17H,3-8,11,14H2,1-2H3,(H,22,23,24);/q;+1/p-1. The third-order valence-electron chi connectivity index (χ3n) is 4.73. The van der Waals surface area contributed by atoms with E-state index in [1.54, 1.807) is 6.07 Å². The maximum absolute atomic E-state index is 11.6. The SMILES string of the molecule is CC(C)CCCCCCCCc1c(S(=O)(=O)[O-])ccc2ccccc12.[K+]. The van der Waals surface area contributed by atoms with Crippen molar-refractivity contribution in [1.29, 1.82) is 0 Å². The first-order chi connectivity index (χ1) is 11.9. The van der Waals surface area contributed by atoms with Crippen LogP contribution >= 0.6 is 0 Å². The van der Waals surface area contributed by atoms with Gasteiger partial charge in [-0.2, -0.15) is 0 Å². The van der Waals surface area contributed by atoms with Gasteiger partial charge in [0, 0.05) is 0 Å². The van der Waals surface area contributed by atoms with E-state index in [4.69, 9.17) is 0 Å². The van der Waals surface area contributed by atoms with E-state index in [0.29, 0.717) is 12.0 Å². The first kappa shape index (κ1) is 24.3. The molecule has 0 spiro atoms. The second kappa shape index (κ2) is 11.9. The Bertz CT molecular complexity index is 785. The number of hydrogen-bond donors (Lipinski definition) is 0. The third kappa shape index (κ3) is 7.70. The minimum atomic E-state index is -4.44. The van der Waals surface area contributed by atoms with Crippen LogP contribution in [0.2, 0.25) is 0 Å². The summed E-state index contributed by atoms with van der Waals surface area (Å²) >= 11 is 0. The van der Waals surface area contributed by atoms with Crippen LogP contribution in [0, 0.1) is 5.92 Å². The second-order valence-electron chi connectivity index (χ2n) is 7.27. The summed E-state index contributed by atoms with van der Waals surface area (Å²) in [4.78, 5) is -0.0527. The van der Waals surface area contributed by atoms with E-state index in [9.17, 15) is 13.0 Å². The van der Waals surface area contributed by atoms with Crippen LogP contribution in [0.25, 0.3) is 10.8 Å². The van der Waals surface area contributed by atoms with E-state index in [0.717, 1.165) is 29.5 Å². The average Bonchev–Trinajstić information content (AvgIpc) is 2.55. The molecule has 0 aliphatic carbocycles. The van der Waals surface area contributed by atoms with Crippen molar-refractivity contribution in [2.45, 2.75) is 70.1 Å². The Morgan fingerprint density at radius 2 is 1.50 bits per heavy atom. The molecule has 0 aliphatic heterocycles. The number of fused-ring (bicyclic) bond motifs is 1. The molecule has 26 heavy (non-hydrogen) atoms. The first-order valence-electron chi connectivity index (χ1n) is 9.36. The quantitative estimate of drug-likeness (QED) is 0.350. The molecule has 0 aliphatic rings. The molecule has 2 rings (SSSR count). The van der Waals surface area contributed by atoms with Gasteiger partial charge >= 0.3 is 51.4 Å². The molecule has 0 saturated heterocycles. The van der Waals surface area contributed by atoms with Gasteiger partial charge in [0.05, 0.1) is 4.90 Å². The average molecular weight is 401 g/mol. The van der Waals surface area contributed by atoms with E-state index >= 15 is 0 Å². The van der Waals surface area contributed by atoms with Crippen molar-refractivity contribution >= 4 is 20.9 Å². The smallest absolute Gasteiger partial charge is 0.744 e. The van der Waals surface area contributed by atoms with E-state index in [1.807, 2.05) is 24.3 Å². The van der Waals surface area contributed by atoms with E-state index in [2.05, 4.69) is 13.8 Å². The van der Waals surface area contributed by atoms with Crippen LogP contribution in [0.4, 0.5) is 0 Å². The van der Waals surface area contributed by atoms with Gasteiger partial charge in [0.2, 0.25) is 0 Å². The normalized spacial score (nSPS) is 11.7. The van der Waals surface area contributed by atoms with Gasteiger partial charge in [0.25, 0.3) is 0 Å². The van der Waals surface area contributed by atoms with Crippen LogP contribution in [-0.4, -0.2) is 13.0 Å². The van der Waals surface area contributed by atoms with Crippen molar-refractivity contribution in [2.75, 3.05) is 0 Å². The molecule has 0 N–H and O–H groups in total. The Morgan fingerprint density at radius 1 is 0.885 bits per heavy atom. The van der Waals surface area contributed by atoms with Gasteiger partial charge in [-0.05, 0) is 41.2 Å². The van der Waals surface area contributed by atoms with Crippen LogP contribution < -0.4 is 51.4 Å². The summed E-state index contributed by atoms with van der Waals surface area (Å²) in [6.07, 6.45) is 8.89. The summed E-state index contributed by atoms with van der Waals surface area (Å²) < 4.78 is 34.8. The Hall–Kier alpha value is 0.246. The Kier molecular flexibility index (Phi) is 11.2. The number of aryl methyl sites for hydroxylation is 1. The molecule has 0 unspecified atom stereocenters. The maximum atomic E-state index is 11.6. The summed E-state index contributed by atoms with van der Waals surface area (Å²) in [6, 6.07) is 10.9. The molecule has 0 amide bonds. The first-order valence-corrected chi connectivity index (χ1v) is 10.8. The van der Waals surface area contributed by atoms with Crippen molar-refractivity contribution < 1.29 is 64.4 Å². The van der Waals surface area contributed by atoms with Gasteiger partial charge in [-0.25, -0.2) is 8.42 Å². The topological polar surface area (TPSA) is 57.2 Å². The Labute approximate surface area is 201 Å². The molecule has 2 aromatic carbocycles. The zero-order chi connectivity index (χ0) is 18.3. The molecule has 0 saturated carbocycles. The van der Waals surface area contributed by atoms with Crippen LogP contribution in [0.5, 0.6) is 0 Å². The van der Waals surface area contributed by atoms with Gasteiger partial charge in [-0.3, -0.25) is 0 Å². The fourth-order valence-electron chi connectivity index (χ4n) is 3.37. The zero-order valence-corrected chi connectivity index (χ0v) is 20.3. The molecule has 0 radical (unpaired) electrons. The summed E-state index contributed by atoms with van der Waals surface area (Å²) in [5, 5.41) is 1.87. The summed E-state index contributed by atoms with van der Waals surface area (Å²) in [5.74, 6) is 0.777. The zero-order valence-electron chi connectivity index (χ0n) is 16.3. The minimum Gasteiger partial charge on any atom is -0.744 e. The summed E-state index contributed by atoms with van der Waals surface area (Å²) in [5.41, 5.74) is 0.688. The fourth-order valence-corrected chi connectivity index (χ4v) is 4.12. The molecule has 5 heteroatoms. The van der Waals surface area contributed by atoms with Crippen molar-refractivity contribution in [1.82, 2.24) is 0 Å². The molecule has 3 nitrogen and oxygen atoms in total. The van der Waals surface area contributed by atoms with Gasteiger partial charge in [-0.1, -0.05) is 82.7 Å². The van der Waals surface area contributed by atoms with Crippen molar-refractivity contribution in [3.8, 4) is 0 Å². The van der Waals surface area contributed by atoms with Gasteiger partial charge in [0.15, 0.2) is 0 Å². The molecular weight excluding hydrogens is 371 g/mol. The third-order valence-corrected chi connectivity index (χ3v) is 5.65. The summed E-state index contributed by atoms with van der Waals surface area (Å²) in [7, 11) is -4.44. The van der Waals surface area contributed by atoms with Gasteiger partial charge < -0.3 is 4.55 Å². The second-order valence-corrected chi connectivity index (χ2v) is 8.62. The van der Waals surface area contributed by atoms with Crippen LogP contribution in [-0.2, 0) is 16.5 Å². The van der Waals surface area contributed by atoms with Crippen LogP contribution in [0.15, 0.2) is 41.3 Å². The molecular formula is C21H29KO3S. The van der Waals surface area contributed by atoms with Crippen molar-refractivity contribution in [3.63, 3.8) is 0 Å². The van der Waals surface area contributed by atoms with E-state index < -0.39 is 10.1 Å². The van der Waals surface area contributed by atoms with Gasteiger partial charge in [-0.15, -0.1) is 0 Å². The number of hydrogen-bond acceptors (Lipinski definition) is 3. The predicted octanol–water partition coefficient (Wildman–Crippen LogP) is 2.68. The molecule has 0 fully saturated rings. The van der Waals surface area contributed by atoms with Crippen molar-refractivity contribution in [2.24, 2.45) is 5.92 Å². The van der Waals surface area contributed by atoms with Crippen LogP contribution in [0.3, 0.4) is 0 Å². The van der Waals surface area contributed by atoms with E-state index in [1.165, 1.54) is 38.2 Å². The largest absolute Gasteiger partial charge is 1.00 e. The molecule has 2 aromatic rings. The Balaban J connectivity index is 0.00000338. The molecule has 0 heterocycles. The number of unbranched alkanes of at least 4 members (excludes halogenated alkanes) is 5. The van der Waals surface area contributed by atoms with Gasteiger partial charge in [0.1, 0.15) is 10.1 Å². The number of rotatable bonds is 10. The summed E-state index contributed by atoms with van der Waals surface area (Å²) in [6.45, 7) is 4.51. The minimum absolute atomic E-state index is 0.